The molecular formula is C18H18FN3S2. The van der Waals surface area contributed by atoms with E-state index in [0.717, 1.165) is 23.0 Å². The van der Waals surface area contributed by atoms with Crippen molar-refractivity contribution in [3.63, 3.8) is 0 Å². The largest absolute Gasteiger partial charge is 0.303 e. The third-order valence-electron chi connectivity index (χ3n) is 4.18. The molecule has 0 saturated heterocycles. The van der Waals surface area contributed by atoms with E-state index >= 15 is 0 Å². The van der Waals surface area contributed by atoms with Crippen molar-refractivity contribution in [1.82, 2.24) is 14.8 Å². The Hall–Kier alpha value is -1.66. The van der Waals surface area contributed by atoms with Gasteiger partial charge in [0.2, 0.25) is 0 Å². The molecular weight excluding hydrogens is 341 g/mol. The second kappa shape index (κ2) is 6.69. The van der Waals surface area contributed by atoms with Gasteiger partial charge in [-0.3, -0.25) is 0 Å². The van der Waals surface area contributed by atoms with Crippen molar-refractivity contribution in [2.45, 2.75) is 42.6 Å². The molecule has 3 nitrogen and oxygen atoms in total. The number of rotatable bonds is 6. The van der Waals surface area contributed by atoms with Crippen LogP contribution in [0.25, 0.3) is 0 Å². The van der Waals surface area contributed by atoms with Crippen LogP contribution in [-0.4, -0.2) is 14.8 Å². The fraction of sp³-hybridized carbons (Fsp3) is 0.333. The van der Waals surface area contributed by atoms with Gasteiger partial charge in [-0.05, 0) is 48.9 Å². The van der Waals surface area contributed by atoms with Gasteiger partial charge in [0.25, 0.3) is 0 Å². The Morgan fingerprint density at radius 3 is 2.71 bits per heavy atom. The molecule has 1 fully saturated rings. The molecule has 0 radical (unpaired) electrons. The van der Waals surface area contributed by atoms with Gasteiger partial charge in [0.05, 0.1) is 0 Å². The predicted molar refractivity (Wildman–Crippen MR) is 96.1 cm³/mol. The lowest BCUT2D eigenvalue weighted by atomic mass is 10.2. The fourth-order valence-electron chi connectivity index (χ4n) is 2.74. The summed E-state index contributed by atoms with van der Waals surface area (Å²) < 4.78 is 15.4. The van der Waals surface area contributed by atoms with Gasteiger partial charge in [0.15, 0.2) is 5.16 Å². The SMILES string of the molecule is C[C@@H](Sc1nnc(Cc2cccs2)n1C1CC1)c1ccc(F)cc1. The van der Waals surface area contributed by atoms with E-state index in [9.17, 15) is 4.39 Å². The van der Waals surface area contributed by atoms with E-state index in [1.165, 1.54) is 29.9 Å². The van der Waals surface area contributed by atoms with E-state index in [4.69, 9.17) is 0 Å². The number of hydrogen-bond donors (Lipinski definition) is 0. The lowest BCUT2D eigenvalue weighted by molar-refractivity contribution is 0.626. The van der Waals surface area contributed by atoms with Crippen LogP contribution >= 0.6 is 23.1 Å². The van der Waals surface area contributed by atoms with Crippen LogP contribution < -0.4 is 0 Å². The summed E-state index contributed by atoms with van der Waals surface area (Å²) in [6, 6.07) is 11.5. The van der Waals surface area contributed by atoms with Crippen LogP contribution in [0.4, 0.5) is 4.39 Å². The molecule has 0 bridgehead atoms. The summed E-state index contributed by atoms with van der Waals surface area (Å²) in [5.41, 5.74) is 1.10. The van der Waals surface area contributed by atoms with E-state index in [1.807, 2.05) is 12.1 Å². The number of nitrogens with zero attached hydrogens (tertiary/aromatic N) is 3. The van der Waals surface area contributed by atoms with E-state index < -0.39 is 0 Å². The van der Waals surface area contributed by atoms with Gasteiger partial charge in [-0.2, -0.15) is 0 Å². The zero-order chi connectivity index (χ0) is 16.5. The molecule has 4 rings (SSSR count). The minimum Gasteiger partial charge on any atom is -0.303 e. The number of halogens is 1. The quantitative estimate of drug-likeness (QED) is 0.563. The van der Waals surface area contributed by atoms with Crippen molar-refractivity contribution < 1.29 is 4.39 Å². The number of thioether (sulfide) groups is 1. The molecule has 124 valence electrons. The highest BCUT2D eigenvalue weighted by molar-refractivity contribution is 7.99. The summed E-state index contributed by atoms with van der Waals surface area (Å²) in [5.74, 6) is 0.851. The molecule has 3 aromatic rings. The lowest BCUT2D eigenvalue weighted by Gasteiger charge is -2.13. The fourth-order valence-corrected chi connectivity index (χ4v) is 4.50. The smallest absolute Gasteiger partial charge is 0.192 e. The average molecular weight is 359 g/mol. The average Bonchev–Trinajstić information content (AvgIpc) is 3.13. The summed E-state index contributed by atoms with van der Waals surface area (Å²) in [6.07, 6.45) is 3.24. The molecule has 0 unspecified atom stereocenters. The number of benzene rings is 1. The van der Waals surface area contributed by atoms with Gasteiger partial charge in [0.1, 0.15) is 11.6 Å². The zero-order valence-corrected chi connectivity index (χ0v) is 15.0. The van der Waals surface area contributed by atoms with Crippen LogP contribution in [0.3, 0.4) is 0 Å². The third kappa shape index (κ3) is 3.39. The molecule has 0 amide bonds. The first-order valence-electron chi connectivity index (χ1n) is 8.09. The highest BCUT2D eigenvalue weighted by Crippen LogP contribution is 2.42. The van der Waals surface area contributed by atoms with Crippen molar-refractivity contribution in [3.05, 3.63) is 63.9 Å². The lowest BCUT2D eigenvalue weighted by Crippen LogP contribution is -2.04. The maximum atomic E-state index is 13.1. The Bertz CT molecular complexity index is 807. The first-order valence-corrected chi connectivity index (χ1v) is 9.85. The van der Waals surface area contributed by atoms with E-state index in [0.29, 0.717) is 6.04 Å². The molecule has 1 aromatic carbocycles. The van der Waals surface area contributed by atoms with E-state index in [1.54, 1.807) is 23.1 Å². The molecule has 1 aliphatic rings. The van der Waals surface area contributed by atoms with Crippen molar-refractivity contribution in [2.75, 3.05) is 0 Å². The van der Waals surface area contributed by atoms with Gasteiger partial charge in [-0.25, -0.2) is 4.39 Å². The first-order chi connectivity index (χ1) is 11.7. The molecule has 1 aliphatic carbocycles. The Balaban J connectivity index is 1.56. The summed E-state index contributed by atoms with van der Waals surface area (Å²) in [7, 11) is 0. The summed E-state index contributed by atoms with van der Waals surface area (Å²) in [6.45, 7) is 2.13. The maximum absolute atomic E-state index is 13.1. The monoisotopic (exact) mass is 359 g/mol. The van der Waals surface area contributed by atoms with Crippen molar-refractivity contribution in [2.24, 2.45) is 0 Å². The highest BCUT2D eigenvalue weighted by atomic mass is 32.2. The normalized spacial score (nSPS) is 15.6. The van der Waals surface area contributed by atoms with Crippen LogP contribution in [0.2, 0.25) is 0 Å². The number of aromatic nitrogens is 3. The Labute approximate surface area is 148 Å². The molecule has 0 aliphatic heterocycles. The minimum atomic E-state index is -0.199. The second-order valence-corrected chi connectivity index (χ2v) is 8.41. The molecule has 0 N–H and O–H groups in total. The van der Waals surface area contributed by atoms with Crippen molar-refractivity contribution in [1.29, 1.82) is 0 Å². The van der Waals surface area contributed by atoms with E-state index in [2.05, 4.69) is 39.2 Å². The van der Waals surface area contributed by atoms with Gasteiger partial charge in [-0.1, -0.05) is 30.0 Å². The van der Waals surface area contributed by atoms with Crippen molar-refractivity contribution in [3.8, 4) is 0 Å². The van der Waals surface area contributed by atoms with Crippen LogP contribution in [0.5, 0.6) is 0 Å². The molecule has 0 spiro atoms. The van der Waals surface area contributed by atoms with Gasteiger partial charge >= 0.3 is 0 Å². The Morgan fingerprint density at radius 2 is 2.04 bits per heavy atom. The molecule has 2 aromatic heterocycles. The first kappa shape index (κ1) is 15.8. The molecule has 2 heterocycles. The number of hydrogen-bond acceptors (Lipinski definition) is 4. The van der Waals surface area contributed by atoms with Crippen LogP contribution in [0.15, 0.2) is 46.9 Å². The van der Waals surface area contributed by atoms with Gasteiger partial charge < -0.3 is 4.57 Å². The second-order valence-electron chi connectivity index (χ2n) is 6.07. The molecule has 1 saturated carbocycles. The Kier molecular flexibility index (Phi) is 4.41. The summed E-state index contributed by atoms with van der Waals surface area (Å²) in [5, 5.41) is 12.2. The van der Waals surface area contributed by atoms with Crippen LogP contribution in [0, 0.1) is 5.82 Å². The molecule has 24 heavy (non-hydrogen) atoms. The van der Waals surface area contributed by atoms with Crippen LogP contribution in [0.1, 0.15) is 47.3 Å². The number of thiophene rings is 1. The topological polar surface area (TPSA) is 30.7 Å². The highest BCUT2D eigenvalue weighted by Gasteiger charge is 2.30. The van der Waals surface area contributed by atoms with Gasteiger partial charge in [-0.15, -0.1) is 21.5 Å². The maximum Gasteiger partial charge on any atom is 0.192 e. The predicted octanol–water partition coefficient (Wildman–Crippen LogP) is 5.26. The van der Waals surface area contributed by atoms with Crippen molar-refractivity contribution >= 4 is 23.1 Å². The van der Waals surface area contributed by atoms with Crippen LogP contribution in [-0.2, 0) is 6.42 Å². The molecule has 1 atom stereocenters. The summed E-state index contributed by atoms with van der Waals surface area (Å²) in [4.78, 5) is 1.31. The van der Waals surface area contributed by atoms with Gasteiger partial charge in [0, 0.05) is 22.6 Å². The summed E-state index contributed by atoms with van der Waals surface area (Å²) >= 11 is 3.46. The third-order valence-corrected chi connectivity index (χ3v) is 6.17. The van der Waals surface area contributed by atoms with E-state index in [-0.39, 0.29) is 11.1 Å². The zero-order valence-electron chi connectivity index (χ0n) is 13.4. The Morgan fingerprint density at radius 1 is 1.25 bits per heavy atom. The standard InChI is InChI=1S/C18H18FN3S2/c1-12(13-4-6-14(19)7-5-13)24-18-21-20-17(22(18)15-8-9-15)11-16-3-2-10-23-16/h2-7,10,12,15H,8-9,11H2,1H3/t12-/m1/s1. The molecule has 6 heteroatoms. The minimum absolute atomic E-state index is 0.199.